The summed E-state index contributed by atoms with van der Waals surface area (Å²) in [4.78, 5) is 0. The van der Waals surface area contributed by atoms with E-state index in [2.05, 4.69) is 19.3 Å². The van der Waals surface area contributed by atoms with E-state index in [9.17, 15) is 0 Å². The number of nitrogens with one attached hydrogen (secondary N) is 1. The Morgan fingerprint density at radius 2 is 2.00 bits per heavy atom. The van der Waals surface area contributed by atoms with Crippen molar-refractivity contribution in [3.63, 3.8) is 0 Å². The van der Waals surface area contributed by atoms with Gasteiger partial charge in [0, 0.05) is 16.1 Å². The predicted molar refractivity (Wildman–Crippen MR) is 66.1 cm³/mol. The number of hydrogen-bond acceptors (Lipinski definition) is 2. The summed E-state index contributed by atoms with van der Waals surface area (Å²) < 4.78 is 0. The zero-order valence-corrected chi connectivity index (χ0v) is 10.4. The van der Waals surface area contributed by atoms with Gasteiger partial charge in [-0.3, -0.25) is 11.3 Å². The summed E-state index contributed by atoms with van der Waals surface area (Å²) in [6.45, 7) is 4.23. The Labute approximate surface area is 101 Å². The van der Waals surface area contributed by atoms with Crippen LogP contribution >= 0.6 is 23.2 Å². The Hall–Kier alpha value is -0.280. The third-order valence-electron chi connectivity index (χ3n) is 2.47. The molecule has 3 N–H and O–H groups in total. The van der Waals surface area contributed by atoms with E-state index in [1.165, 1.54) is 0 Å². The topological polar surface area (TPSA) is 38.0 Å². The fourth-order valence-electron chi connectivity index (χ4n) is 1.42. The first-order valence-corrected chi connectivity index (χ1v) is 5.70. The molecule has 1 rings (SSSR count). The Morgan fingerprint density at radius 3 is 2.53 bits per heavy atom. The third-order valence-corrected chi connectivity index (χ3v) is 3.07. The minimum absolute atomic E-state index is 0.209. The molecule has 0 saturated heterocycles. The summed E-state index contributed by atoms with van der Waals surface area (Å²) in [7, 11) is 0. The Bertz CT molecular complexity index is 326. The summed E-state index contributed by atoms with van der Waals surface area (Å²) in [6, 6.07) is 5.69. The highest BCUT2D eigenvalue weighted by Crippen LogP contribution is 2.23. The highest BCUT2D eigenvalue weighted by atomic mass is 35.5. The zero-order valence-electron chi connectivity index (χ0n) is 8.93. The number of rotatable bonds is 4. The molecule has 0 fully saturated rings. The van der Waals surface area contributed by atoms with Crippen LogP contribution in [0.1, 0.15) is 19.4 Å². The first kappa shape index (κ1) is 12.8. The lowest BCUT2D eigenvalue weighted by molar-refractivity contribution is 0.404. The van der Waals surface area contributed by atoms with Gasteiger partial charge in [-0.25, -0.2) is 0 Å². The maximum absolute atomic E-state index is 6.07. The van der Waals surface area contributed by atoms with Crippen molar-refractivity contribution in [2.45, 2.75) is 26.3 Å². The lowest BCUT2D eigenvalue weighted by Gasteiger charge is -2.20. The molecule has 0 amide bonds. The molecule has 1 aromatic rings. The van der Waals surface area contributed by atoms with Crippen molar-refractivity contribution in [1.82, 2.24) is 5.43 Å². The maximum atomic E-state index is 6.07. The van der Waals surface area contributed by atoms with Crippen LogP contribution < -0.4 is 11.3 Å². The standard InChI is InChI=1S/C11H16Cl2N2/c1-7(2)11(15-14)6-8-5-9(12)3-4-10(8)13/h3-5,7,11,15H,6,14H2,1-2H3. The van der Waals surface area contributed by atoms with Crippen LogP contribution in [0.25, 0.3) is 0 Å². The van der Waals surface area contributed by atoms with E-state index in [0.717, 1.165) is 17.0 Å². The highest BCUT2D eigenvalue weighted by molar-refractivity contribution is 6.33. The van der Waals surface area contributed by atoms with Crippen molar-refractivity contribution in [3.05, 3.63) is 33.8 Å². The summed E-state index contributed by atoms with van der Waals surface area (Å²) in [5, 5.41) is 1.44. The second-order valence-corrected chi connectivity index (χ2v) is 4.80. The summed E-state index contributed by atoms with van der Waals surface area (Å²) in [5.74, 6) is 5.93. The average molecular weight is 247 g/mol. The molecule has 2 nitrogen and oxygen atoms in total. The van der Waals surface area contributed by atoms with Crippen LogP contribution in [0.2, 0.25) is 10.0 Å². The molecule has 0 saturated carbocycles. The molecule has 84 valence electrons. The number of hydrogen-bond donors (Lipinski definition) is 2. The van der Waals surface area contributed by atoms with Gasteiger partial charge in [-0.15, -0.1) is 0 Å². The van der Waals surface area contributed by atoms with E-state index >= 15 is 0 Å². The lowest BCUT2D eigenvalue weighted by Crippen LogP contribution is -2.40. The molecular formula is C11H16Cl2N2. The van der Waals surface area contributed by atoms with E-state index in [-0.39, 0.29) is 6.04 Å². The Kier molecular flexibility index (Phi) is 4.87. The molecule has 0 bridgehead atoms. The van der Waals surface area contributed by atoms with Gasteiger partial charge < -0.3 is 0 Å². The lowest BCUT2D eigenvalue weighted by atomic mass is 9.97. The molecule has 0 aliphatic rings. The van der Waals surface area contributed by atoms with Gasteiger partial charge in [0.1, 0.15) is 0 Å². The van der Waals surface area contributed by atoms with Gasteiger partial charge in [-0.05, 0) is 36.1 Å². The SMILES string of the molecule is CC(C)C(Cc1cc(Cl)ccc1Cl)NN. The normalized spacial score (nSPS) is 13.2. The van der Waals surface area contributed by atoms with Crippen molar-refractivity contribution >= 4 is 23.2 Å². The molecule has 0 aliphatic carbocycles. The van der Waals surface area contributed by atoms with Crippen LogP contribution in [-0.2, 0) is 6.42 Å². The van der Waals surface area contributed by atoms with Crippen LogP contribution in [0, 0.1) is 5.92 Å². The van der Waals surface area contributed by atoms with Crippen LogP contribution in [0.5, 0.6) is 0 Å². The molecule has 0 aliphatic heterocycles. The molecule has 0 heterocycles. The Morgan fingerprint density at radius 1 is 1.33 bits per heavy atom. The van der Waals surface area contributed by atoms with E-state index < -0.39 is 0 Å². The molecule has 1 unspecified atom stereocenters. The minimum atomic E-state index is 0.209. The van der Waals surface area contributed by atoms with Crippen molar-refractivity contribution in [2.75, 3.05) is 0 Å². The van der Waals surface area contributed by atoms with Crippen LogP contribution in [0.15, 0.2) is 18.2 Å². The number of benzene rings is 1. The predicted octanol–water partition coefficient (Wildman–Crippen LogP) is 3.02. The van der Waals surface area contributed by atoms with Crippen LogP contribution in [-0.4, -0.2) is 6.04 Å². The molecule has 4 heteroatoms. The van der Waals surface area contributed by atoms with Crippen molar-refractivity contribution < 1.29 is 0 Å². The average Bonchev–Trinajstić information content (AvgIpc) is 2.18. The van der Waals surface area contributed by atoms with E-state index in [0.29, 0.717) is 10.9 Å². The smallest absolute Gasteiger partial charge is 0.0439 e. The van der Waals surface area contributed by atoms with E-state index in [1.807, 2.05) is 12.1 Å². The molecule has 1 aromatic carbocycles. The Balaban J connectivity index is 2.82. The largest absolute Gasteiger partial charge is 0.271 e. The molecule has 15 heavy (non-hydrogen) atoms. The van der Waals surface area contributed by atoms with Gasteiger partial charge in [0.15, 0.2) is 0 Å². The summed E-state index contributed by atoms with van der Waals surface area (Å²) in [5.41, 5.74) is 3.82. The molecule has 0 spiro atoms. The van der Waals surface area contributed by atoms with Crippen LogP contribution in [0.3, 0.4) is 0 Å². The molecule has 1 atom stereocenters. The fraction of sp³-hybridized carbons (Fsp3) is 0.455. The number of nitrogens with two attached hydrogens (primary N) is 1. The van der Waals surface area contributed by atoms with Crippen molar-refractivity contribution in [1.29, 1.82) is 0 Å². The van der Waals surface area contributed by atoms with Gasteiger partial charge in [-0.2, -0.15) is 0 Å². The van der Waals surface area contributed by atoms with Crippen molar-refractivity contribution in [3.8, 4) is 0 Å². The molecule has 0 aromatic heterocycles. The molecular weight excluding hydrogens is 231 g/mol. The van der Waals surface area contributed by atoms with E-state index in [4.69, 9.17) is 29.0 Å². The highest BCUT2D eigenvalue weighted by Gasteiger charge is 2.13. The summed E-state index contributed by atoms with van der Waals surface area (Å²) in [6.07, 6.45) is 0.785. The second-order valence-electron chi connectivity index (χ2n) is 3.96. The van der Waals surface area contributed by atoms with Gasteiger partial charge in [0.25, 0.3) is 0 Å². The van der Waals surface area contributed by atoms with Gasteiger partial charge in [0.05, 0.1) is 0 Å². The minimum Gasteiger partial charge on any atom is -0.271 e. The maximum Gasteiger partial charge on any atom is 0.0439 e. The second kappa shape index (κ2) is 5.71. The van der Waals surface area contributed by atoms with Gasteiger partial charge >= 0.3 is 0 Å². The summed E-state index contributed by atoms with van der Waals surface area (Å²) >= 11 is 12.0. The van der Waals surface area contributed by atoms with Crippen LogP contribution in [0.4, 0.5) is 0 Å². The molecule has 0 radical (unpaired) electrons. The first-order chi connectivity index (χ1) is 7.04. The van der Waals surface area contributed by atoms with E-state index in [1.54, 1.807) is 6.07 Å². The third kappa shape index (κ3) is 3.65. The van der Waals surface area contributed by atoms with Gasteiger partial charge in [0.2, 0.25) is 0 Å². The quantitative estimate of drug-likeness (QED) is 0.634. The first-order valence-electron chi connectivity index (χ1n) is 4.94. The number of halogens is 2. The zero-order chi connectivity index (χ0) is 11.4. The van der Waals surface area contributed by atoms with Gasteiger partial charge in [-0.1, -0.05) is 37.0 Å². The monoisotopic (exact) mass is 246 g/mol. The fourth-order valence-corrected chi connectivity index (χ4v) is 1.81. The number of hydrazine groups is 1. The van der Waals surface area contributed by atoms with Crippen molar-refractivity contribution in [2.24, 2.45) is 11.8 Å².